The van der Waals surface area contributed by atoms with E-state index in [1.165, 1.54) is 11.3 Å². The van der Waals surface area contributed by atoms with E-state index in [4.69, 9.17) is 9.47 Å². The topological polar surface area (TPSA) is 80.7 Å². The van der Waals surface area contributed by atoms with Crippen molar-refractivity contribution < 1.29 is 14.3 Å². The molecule has 2 aromatic carbocycles. The molecule has 32 heavy (non-hydrogen) atoms. The number of piperazine rings is 1. The number of aromatic nitrogens is 3. The van der Waals surface area contributed by atoms with Crippen LogP contribution in [0, 0.1) is 0 Å². The van der Waals surface area contributed by atoms with Crippen LogP contribution in [0.5, 0.6) is 11.5 Å². The molecule has 0 N–H and O–H groups in total. The lowest BCUT2D eigenvalue weighted by molar-refractivity contribution is 0.0746. The molecular weight excluding hydrogens is 426 g/mol. The molecule has 0 bridgehead atoms. The first-order valence-corrected chi connectivity index (χ1v) is 11.2. The molecule has 2 aliphatic heterocycles. The monoisotopic (exact) mass is 445 g/mol. The maximum atomic E-state index is 12.9. The lowest BCUT2D eigenvalue weighted by Crippen LogP contribution is -2.49. The lowest BCUT2D eigenvalue weighted by Gasteiger charge is -2.34. The zero-order chi connectivity index (χ0) is 21.5. The third kappa shape index (κ3) is 3.40. The molecule has 160 valence electrons. The summed E-state index contributed by atoms with van der Waals surface area (Å²) in [5, 5.41) is 9.37. The second-order valence-corrected chi connectivity index (χ2v) is 8.64. The van der Waals surface area contributed by atoms with Gasteiger partial charge in [0.15, 0.2) is 22.3 Å². The van der Waals surface area contributed by atoms with Crippen molar-refractivity contribution in [3.63, 3.8) is 0 Å². The first-order valence-electron chi connectivity index (χ1n) is 10.4. The van der Waals surface area contributed by atoms with E-state index in [9.17, 15) is 4.79 Å². The molecule has 0 radical (unpaired) electrons. The van der Waals surface area contributed by atoms with E-state index in [2.05, 4.69) is 20.1 Å². The first kappa shape index (κ1) is 19.0. The average molecular weight is 446 g/mol. The second kappa shape index (κ2) is 7.76. The molecule has 2 aliphatic rings. The molecule has 1 saturated heterocycles. The van der Waals surface area contributed by atoms with E-state index in [0.717, 1.165) is 38.8 Å². The van der Waals surface area contributed by atoms with Crippen molar-refractivity contribution in [2.24, 2.45) is 0 Å². The molecule has 2 aromatic heterocycles. The summed E-state index contributed by atoms with van der Waals surface area (Å²) in [7, 11) is 0. The number of nitrogens with zero attached hydrogens (tertiary/aromatic N) is 5. The standard InChI is InChI=1S/C23H19N5O3S/c29-23(22-24-17-3-1-2-4-20(17)32-22)28-11-9-27(10-12-28)21-8-6-16(25-26-21)15-5-7-18-19(13-15)31-14-30-18/h1-8,13H,9-12,14H2. The van der Waals surface area contributed by atoms with Crippen molar-refractivity contribution in [2.45, 2.75) is 0 Å². The molecule has 9 heteroatoms. The van der Waals surface area contributed by atoms with E-state index in [1.807, 2.05) is 59.5 Å². The maximum absolute atomic E-state index is 12.9. The van der Waals surface area contributed by atoms with E-state index in [0.29, 0.717) is 31.2 Å². The van der Waals surface area contributed by atoms with Gasteiger partial charge in [0.1, 0.15) is 0 Å². The van der Waals surface area contributed by atoms with Gasteiger partial charge in [0, 0.05) is 31.7 Å². The summed E-state index contributed by atoms with van der Waals surface area (Å²) in [4.78, 5) is 21.4. The molecule has 0 unspecified atom stereocenters. The van der Waals surface area contributed by atoms with Gasteiger partial charge < -0.3 is 19.3 Å². The van der Waals surface area contributed by atoms with Crippen LogP contribution in [0.1, 0.15) is 9.80 Å². The summed E-state index contributed by atoms with van der Waals surface area (Å²) in [6, 6.07) is 17.5. The number of para-hydroxylation sites is 1. The quantitative estimate of drug-likeness (QED) is 0.478. The SMILES string of the molecule is O=C(c1nc2ccccc2s1)N1CCN(c2ccc(-c3ccc4c(c3)OCO4)nn2)CC1. The number of hydrogen-bond donors (Lipinski definition) is 0. The molecule has 0 atom stereocenters. The van der Waals surface area contributed by atoms with Crippen molar-refractivity contribution >= 4 is 33.3 Å². The third-order valence-electron chi connectivity index (χ3n) is 5.69. The smallest absolute Gasteiger partial charge is 0.282 e. The minimum absolute atomic E-state index is 0.00455. The van der Waals surface area contributed by atoms with Crippen molar-refractivity contribution in [2.75, 3.05) is 37.9 Å². The molecule has 4 heterocycles. The van der Waals surface area contributed by atoms with Crippen LogP contribution in [-0.2, 0) is 0 Å². The van der Waals surface area contributed by atoms with Gasteiger partial charge >= 0.3 is 0 Å². The molecule has 8 nitrogen and oxygen atoms in total. The molecule has 0 saturated carbocycles. The highest BCUT2D eigenvalue weighted by atomic mass is 32.1. The van der Waals surface area contributed by atoms with E-state index < -0.39 is 0 Å². The highest BCUT2D eigenvalue weighted by Gasteiger charge is 2.25. The fourth-order valence-corrected chi connectivity index (χ4v) is 4.87. The fourth-order valence-electron chi connectivity index (χ4n) is 3.94. The van der Waals surface area contributed by atoms with Gasteiger partial charge in [0.25, 0.3) is 5.91 Å². The van der Waals surface area contributed by atoms with Crippen LogP contribution in [0.25, 0.3) is 21.5 Å². The number of hydrogen-bond acceptors (Lipinski definition) is 8. The van der Waals surface area contributed by atoms with Gasteiger partial charge in [-0.15, -0.1) is 21.5 Å². The van der Waals surface area contributed by atoms with Gasteiger partial charge in [-0.3, -0.25) is 4.79 Å². The van der Waals surface area contributed by atoms with Gasteiger partial charge in [-0.05, 0) is 42.5 Å². The summed E-state index contributed by atoms with van der Waals surface area (Å²) >= 11 is 1.45. The van der Waals surface area contributed by atoms with Gasteiger partial charge in [-0.2, -0.15) is 0 Å². The fraction of sp³-hybridized carbons (Fsp3) is 0.217. The summed E-state index contributed by atoms with van der Waals surface area (Å²) in [5.74, 6) is 2.27. The second-order valence-electron chi connectivity index (χ2n) is 7.61. The van der Waals surface area contributed by atoms with Crippen LogP contribution < -0.4 is 14.4 Å². The third-order valence-corrected chi connectivity index (χ3v) is 6.71. The predicted octanol–water partition coefficient (Wildman–Crippen LogP) is 3.44. The summed E-state index contributed by atoms with van der Waals surface area (Å²) < 4.78 is 11.8. The summed E-state index contributed by atoms with van der Waals surface area (Å²) in [5.41, 5.74) is 2.58. The number of carbonyl (C=O) groups is 1. The van der Waals surface area contributed by atoms with Crippen molar-refractivity contribution in [1.29, 1.82) is 0 Å². The molecule has 1 fully saturated rings. The average Bonchev–Trinajstić information content (AvgIpc) is 3.50. The Morgan fingerprint density at radius 1 is 0.906 bits per heavy atom. The van der Waals surface area contributed by atoms with Crippen LogP contribution in [-0.4, -0.2) is 59.0 Å². The van der Waals surface area contributed by atoms with Crippen LogP contribution in [0.15, 0.2) is 54.6 Å². The zero-order valence-corrected chi connectivity index (χ0v) is 17.9. The minimum Gasteiger partial charge on any atom is -0.454 e. The zero-order valence-electron chi connectivity index (χ0n) is 17.1. The van der Waals surface area contributed by atoms with Gasteiger partial charge in [0.05, 0.1) is 15.9 Å². The number of anilines is 1. The Morgan fingerprint density at radius 3 is 2.56 bits per heavy atom. The Labute approximate surface area is 188 Å². The molecule has 1 amide bonds. The highest BCUT2D eigenvalue weighted by molar-refractivity contribution is 7.20. The Hall–Kier alpha value is -3.72. The Balaban J connectivity index is 1.12. The number of benzene rings is 2. The number of thiazole rings is 1. The van der Waals surface area contributed by atoms with Gasteiger partial charge in [0.2, 0.25) is 6.79 Å². The largest absolute Gasteiger partial charge is 0.454 e. The van der Waals surface area contributed by atoms with Crippen molar-refractivity contribution in [3.8, 4) is 22.8 Å². The van der Waals surface area contributed by atoms with Gasteiger partial charge in [-0.1, -0.05) is 12.1 Å². The number of amides is 1. The normalized spacial score (nSPS) is 15.4. The maximum Gasteiger partial charge on any atom is 0.282 e. The molecule has 0 aliphatic carbocycles. The number of rotatable bonds is 3. The number of ether oxygens (including phenoxy) is 2. The lowest BCUT2D eigenvalue weighted by atomic mass is 10.1. The van der Waals surface area contributed by atoms with E-state index >= 15 is 0 Å². The Bertz CT molecular complexity index is 1270. The van der Waals surface area contributed by atoms with Crippen LogP contribution in [0.4, 0.5) is 5.82 Å². The molecule has 6 rings (SSSR count). The summed E-state index contributed by atoms with van der Waals surface area (Å²) in [6.07, 6.45) is 0. The summed E-state index contributed by atoms with van der Waals surface area (Å²) in [6.45, 7) is 2.90. The van der Waals surface area contributed by atoms with Crippen LogP contribution >= 0.6 is 11.3 Å². The molecule has 0 spiro atoms. The molecule has 4 aromatic rings. The van der Waals surface area contributed by atoms with E-state index in [1.54, 1.807) is 0 Å². The van der Waals surface area contributed by atoms with Crippen molar-refractivity contribution in [3.05, 3.63) is 59.6 Å². The highest BCUT2D eigenvalue weighted by Crippen LogP contribution is 2.35. The Kier molecular flexibility index (Phi) is 4.61. The van der Waals surface area contributed by atoms with Gasteiger partial charge in [-0.25, -0.2) is 4.98 Å². The molecular formula is C23H19N5O3S. The van der Waals surface area contributed by atoms with Crippen molar-refractivity contribution in [1.82, 2.24) is 20.1 Å². The Morgan fingerprint density at radius 2 is 1.75 bits per heavy atom. The van der Waals surface area contributed by atoms with Crippen LogP contribution in [0.3, 0.4) is 0 Å². The first-order chi connectivity index (χ1) is 15.7. The number of carbonyl (C=O) groups excluding carboxylic acids is 1. The minimum atomic E-state index is -0.00455. The number of fused-ring (bicyclic) bond motifs is 2. The van der Waals surface area contributed by atoms with E-state index in [-0.39, 0.29) is 12.7 Å². The van der Waals surface area contributed by atoms with Crippen LogP contribution in [0.2, 0.25) is 0 Å². The predicted molar refractivity (Wildman–Crippen MR) is 121 cm³/mol.